The summed E-state index contributed by atoms with van der Waals surface area (Å²) in [5, 5.41) is 4.27. The Morgan fingerprint density at radius 2 is 1.86 bits per heavy atom. The molecule has 0 aliphatic carbocycles. The van der Waals surface area contributed by atoms with Crippen molar-refractivity contribution < 1.29 is 4.39 Å². The van der Waals surface area contributed by atoms with Crippen LogP contribution < -0.4 is 5.32 Å². The zero-order valence-electron chi connectivity index (χ0n) is 11.9. The Kier molecular flexibility index (Phi) is 3.82. The molecule has 1 atom stereocenters. The monoisotopic (exact) mass is 280 g/mol. The standard InChI is InChI=1S/C18H17FN2/c1-13(12-14-6-3-2-4-7-14)21-17-10-11-20-18-15(17)8-5-9-16(18)19/h2-11,13H,12H2,1H3,(H,20,21). The lowest BCUT2D eigenvalue weighted by atomic mass is 10.1. The molecule has 3 rings (SSSR count). The highest BCUT2D eigenvalue weighted by Gasteiger charge is 2.09. The number of nitrogens with one attached hydrogen (secondary N) is 1. The molecule has 106 valence electrons. The number of pyridine rings is 1. The molecule has 3 heteroatoms. The van der Waals surface area contributed by atoms with Gasteiger partial charge >= 0.3 is 0 Å². The van der Waals surface area contributed by atoms with Crippen molar-refractivity contribution >= 4 is 16.6 Å². The van der Waals surface area contributed by atoms with Crippen LogP contribution in [0.2, 0.25) is 0 Å². The van der Waals surface area contributed by atoms with E-state index < -0.39 is 0 Å². The lowest BCUT2D eigenvalue weighted by Crippen LogP contribution is -2.18. The second-order valence-electron chi connectivity index (χ2n) is 5.23. The Hall–Kier alpha value is -2.42. The molecule has 2 nitrogen and oxygen atoms in total. The minimum atomic E-state index is -0.285. The van der Waals surface area contributed by atoms with Crippen molar-refractivity contribution in [1.29, 1.82) is 0 Å². The Morgan fingerprint density at radius 3 is 2.67 bits per heavy atom. The van der Waals surface area contributed by atoms with Crippen molar-refractivity contribution in [2.24, 2.45) is 0 Å². The molecule has 3 aromatic rings. The first kappa shape index (κ1) is 13.6. The van der Waals surface area contributed by atoms with E-state index in [0.717, 1.165) is 17.5 Å². The second-order valence-corrected chi connectivity index (χ2v) is 5.23. The van der Waals surface area contributed by atoms with E-state index in [1.807, 2.05) is 30.3 Å². The van der Waals surface area contributed by atoms with Crippen molar-refractivity contribution in [2.45, 2.75) is 19.4 Å². The molecule has 0 aliphatic rings. The van der Waals surface area contributed by atoms with Crippen LogP contribution in [0.3, 0.4) is 0 Å². The van der Waals surface area contributed by atoms with E-state index in [4.69, 9.17) is 0 Å². The van der Waals surface area contributed by atoms with Crippen molar-refractivity contribution in [1.82, 2.24) is 4.98 Å². The fourth-order valence-corrected chi connectivity index (χ4v) is 2.55. The van der Waals surface area contributed by atoms with Gasteiger partial charge in [-0.25, -0.2) is 4.39 Å². The average molecular weight is 280 g/mol. The molecule has 1 unspecified atom stereocenters. The summed E-state index contributed by atoms with van der Waals surface area (Å²) >= 11 is 0. The van der Waals surface area contributed by atoms with Gasteiger partial charge in [-0.05, 0) is 31.0 Å². The number of benzene rings is 2. The second kappa shape index (κ2) is 5.92. The van der Waals surface area contributed by atoms with Gasteiger partial charge in [0.1, 0.15) is 11.3 Å². The van der Waals surface area contributed by atoms with Crippen molar-refractivity contribution in [3.8, 4) is 0 Å². The predicted octanol–water partition coefficient (Wildman–Crippen LogP) is 4.42. The SMILES string of the molecule is CC(Cc1ccccc1)Nc1ccnc2c(F)cccc12. The minimum absolute atomic E-state index is 0.251. The van der Waals surface area contributed by atoms with Crippen molar-refractivity contribution in [3.63, 3.8) is 0 Å². The molecule has 0 bridgehead atoms. The van der Waals surface area contributed by atoms with Crippen LogP contribution in [0.1, 0.15) is 12.5 Å². The van der Waals surface area contributed by atoms with E-state index in [9.17, 15) is 4.39 Å². The number of aromatic nitrogens is 1. The van der Waals surface area contributed by atoms with Gasteiger partial charge in [-0.1, -0.05) is 42.5 Å². The fourth-order valence-electron chi connectivity index (χ4n) is 2.55. The summed E-state index contributed by atoms with van der Waals surface area (Å²) < 4.78 is 13.8. The van der Waals surface area contributed by atoms with Gasteiger partial charge in [0.2, 0.25) is 0 Å². The topological polar surface area (TPSA) is 24.9 Å². The Morgan fingerprint density at radius 1 is 1.05 bits per heavy atom. The molecular formula is C18H17FN2. The summed E-state index contributed by atoms with van der Waals surface area (Å²) in [5.41, 5.74) is 2.61. The summed E-state index contributed by atoms with van der Waals surface area (Å²) in [7, 11) is 0. The number of para-hydroxylation sites is 1. The zero-order valence-corrected chi connectivity index (χ0v) is 11.9. The van der Waals surface area contributed by atoms with Crippen LogP contribution in [0.4, 0.5) is 10.1 Å². The van der Waals surface area contributed by atoms with Gasteiger partial charge in [-0.15, -0.1) is 0 Å². The van der Waals surface area contributed by atoms with Crippen LogP contribution in [0.5, 0.6) is 0 Å². The molecule has 1 aromatic heterocycles. The van der Waals surface area contributed by atoms with Crippen LogP contribution in [-0.4, -0.2) is 11.0 Å². The Labute approximate surface area is 123 Å². The number of hydrogen-bond donors (Lipinski definition) is 1. The predicted molar refractivity (Wildman–Crippen MR) is 84.9 cm³/mol. The van der Waals surface area contributed by atoms with Crippen LogP contribution in [-0.2, 0) is 6.42 Å². The third kappa shape index (κ3) is 3.02. The van der Waals surface area contributed by atoms with E-state index in [2.05, 4.69) is 29.4 Å². The largest absolute Gasteiger partial charge is 0.382 e. The summed E-state index contributed by atoms with van der Waals surface area (Å²) in [4.78, 5) is 4.12. The fraction of sp³-hybridized carbons (Fsp3) is 0.167. The number of nitrogens with zero attached hydrogens (tertiary/aromatic N) is 1. The summed E-state index contributed by atoms with van der Waals surface area (Å²) in [5.74, 6) is -0.285. The summed E-state index contributed by atoms with van der Waals surface area (Å²) in [6, 6.07) is 17.5. The van der Waals surface area contributed by atoms with Crippen molar-refractivity contribution in [2.75, 3.05) is 5.32 Å². The molecule has 21 heavy (non-hydrogen) atoms. The van der Waals surface area contributed by atoms with E-state index in [1.54, 1.807) is 12.3 Å². The van der Waals surface area contributed by atoms with Gasteiger partial charge in [0.25, 0.3) is 0 Å². The third-order valence-electron chi connectivity index (χ3n) is 3.51. The van der Waals surface area contributed by atoms with Crippen LogP contribution in [0.25, 0.3) is 10.9 Å². The number of halogens is 1. The maximum atomic E-state index is 13.8. The molecule has 2 aromatic carbocycles. The minimum Gasteiger partial charge on any atom is -0.382 e. The number of fused-ring (bicyclic) bond motifs is 1. The molecule has 0 radical (unpaired) electrons. The number of rotatable bonds is 4. The van der Waals surface area contributed by atoms with Gasteiger partial charge in [0.15, 0.2) is 0 Å². The smallest absolute Gasteiger partial charge is 0.149 e. The Balaban J connectivity index is 1.83. The molecule has 0 amide bonds. The van der Waals surface area contributed by atoms with Gasteiger partial charge in [0, 0.05) is 23.3 Å². The highest BCUT2D eigenvalue weighted by Crippen LogP contribution is 2.24. The van der Waals surface area contributed by atoms with Gasteiger partial charge in [0.05, 0.1) is 0 Å². The Bertz CT molecular complexity index is 741. The molecule has 0 aliphatic heterocycles. The van der Waals surface area contributed by atoms with E-state index in [-0.39, 0.29) is 11.9 Å². The normalized spacial score (nSPS) is 12.3. The quantitative estimate of drug-likeness (QED) is 0.765. The van der Waals surface area contributed by atoms with E-state index in [1.165, 1.54) is 11.6 Å². The highest BCUT2D eigenvalue weighted by molar-refractivity contribution is 5.91. The third-order valence-corrected chi connectivity index (χ3v) is 3.51. The van der Waals surface area contributed by atoms with Crippen LogP contribution in [0, 0.1) is 5.82 Å². The highest BCUT2D eigenvalue weighted by atomic mass is 19.1. The van der Waals surface area contributed by atoms with Gasteiger partial charge in [-0.2, -0.15) is 0 Å². The maximum Gasteiger partial charge on any atom is 0.149 e. The summed E-state index contributed by atoms with van der Waals surface area (Å²) in [6.07, 6.45) is 2.56. The van der Waals surface area contributed by atoms with E-state index in [0.29, 0.717) is 5.52 Å². The maximum absolute atomic E-state index is 13.8. The van der Waals surface area contributed by atoms with Crippen LogP contribution in [0.15, 0.2) is 60.8 Å². The molecule has 0 saturated carbocycles. The molecular weight excluding hydrogens is 263 g/mol. The van der Waals surface area contributed by atoms with Crippen molar-refractivity contribution in [3.05, 3.63) is 72.2 Å². The first-order valence-electron chi connectivity index (χ1n) is 7.08. The zero-order chi connectivity index (χ0) is 14.7. The molecule has 0 fully saturated rings. The van der Waals surface area contributed by atoms with Crippen LogP contribution >= 0.6 is 0 Å². The number of hydrogen-bond acceptors (Lipinski definition) is 2. The first-order valence-corrected chi connectivity index (χ1v) is 7.08. The molecule has 0 saturated heterocycles. The average Bonchev–Trinajstić information content (AvgIpc) is 2.49. The van der Waals surface area contributed by atoms with Gasteiger partial charge < -0.3 is 5.32 Å². The number of anilines is 1. The molecule has 1 heterocycles. The summed E-state index contributed by atoms with van der Waals surface area (Å²) in [6.45, 7) is 2.12. The molecule has 0 spiro atoms. The first-order chi connectivity index (χ1) is 10.2. The van der Waals surface area contributed by atoms with E-state index >= 15 is 0 Å². The molecule has 1 N–H and O–H groups in total. The lowest BCUT2D eigenvalue weighted by molar-refractivity contribution is 0.637. The lowest BCUT2D eigenvalue weighted by Gasteiger charge is -2.17. The van der Waals surface area contributed by atoms with Gasteiger partial charge in [-0.3, -0.25) is 4.98 Å².